The van der Waals surface area contributed by atoms with Gasteiger partial charge in [-0.15, -0.1) is 11.3 Å². The number of rotatable bonds is 10. The van der Waals surface area contributed by atoms with Gasteiger partial charge in [0.1, 0.15) is 11.6 Å². The maximum atomic E-state index is 12.7. The Balaban J connectivity index is 0.853. The second-order valence-corrected chi connectivity index (χ2v) is 18.1. The van der Waals surface area contributed by atoms with Gasteiger partial charge in [-0.2, -0.15) is 0 Å². The summed E-state index contributed by atoms with van der Waals surface area (Å²) in [6, 6.07) is 40.3. The number of carbonyl (C=O) groups is 2. The molecule has 0 spiro atoms. The Labute approximate surface area is 374 Å². The molecule has 12 heteroatoms. The van der Waals surface area contributed by atoms with Crippen molar-refractivity contribution in [2.75, 3.05) is 25.1 Å². The Kier molecular flexibility index (Phi) is 10.2. The number of nitrogens with one attached hydrogen (secondary N) is 3. The zero-order valence-corrected chi connectivity index (χ0v) is 36.2. The molecule has 11 rings (SSSR count). The van der Waals surface area contributed by atoms with Crippen molar-refractivity contribution in [1.29, 1.82) is 0 Å². The summed E-state index contributed by atoms with van der Waals surface area (Å²) in [5.74, 6) is 1.65. The van der Waals surface area contributed by atoms with Gasteiger partial charge in [0.2, 0.25) is 0 Å². The largest absolute Gasteiger partial charge is 0.465 e. The maximum Gasteiger partial charge on any atom is 0.407 e. The van der Waals surface area contributed by atoms with Crippen LogP contribution in [0.3, 0.4) is 0 Å². The van der Waals surface area contributed by atoms with E-state index in [1.165, 1.54) is 60.5 Å². The number of hydrogen-bond donors (Lipinski definition) is 4. The molecule has 0 saturated carbocycles. The smallest absolute Gasteiger partial charge is 0.407 e. The van der Waals surface area contributed by atoms with Crippen LogP contribution in [0.2, 0.25) is 0 Å². The molecule has 3 aliphatic rings. The molecule has 11 nitrogen and oxygen atoms in total. The lowest BCUT2D eigenvalue weighted by atomic mass is 9.92. The molecule has 3 aromatic heterocycles. The number of methoxy groups -OCH3 is 1. The molecular weight excluding hydrogens is 819 g/mol. The van der Waals surface area contributed by atoms with Gasteiger partial charge in [0.15, 0.2) is 0 Å². The molecule has 0 radical (unpaired) electrons. The first-order valence-corrected chi connectivity index (χ1v) is 22.8. The first-order valence-electron chi connectivity index (χ1n) is 22.0. The predicted octanol–water partition coefficient (Wildman–Crippen LogP) is 11.7. The molecule has 0 bridgehead atoms. The average Bonchev–Trinajstić information content (AvgIpc) is 4.19. The van der Waals surface area contributed by atoms with Crippen LogP contribution in [0.1, 0.15) is 77.7 Å². The summed E-state index contributed by atoms with van der Waals surface area (Å²) < 4.78 is 6.26. The normalized spacial score (nSPS) is 17.1. The summed E-state index contributed by atoms with van der Waals surface area (Å²) in [6.45, 7) is 1.44. The van der Waals surface area contributed by atoms with E-state index in [1.54, 1.807) is 11.3 Å². The van der Waals surface area contributed by atoms with Crippen LogP contribution >= 0.6 is 11.3 Å². The molecule has 64 heavy (non-hydrogen) atoms. The lowest BCUT2D eigenvalue weighted by Crippen LogP contribution is -2.31. The molecule has 5 heterocycles. The number of anilines is 1. The van der Waals surface area contributed by atoms with E-state index in [9.17, 15) is 14.7 Å². The fourth-order valence-corrected chi connectivity index (χ4v) is 11.3. The lowest BCUT2D eigenvalue weighted by Gasteiger charge is -2.31. The van der Waals surface area contributed by atoms with Gasteiger partial charge in [-0.05, 0) is 94.1 Å². The molecule has 1 aliphatic carbocycles. The van der Waals surface area contributed by atoms with Gasteiger partial charge in [-0.25, -0.2) is 19.6 Å². The van der Waals surface area contributed by atoms with Crippen molar-refractivity contribution in [3.8, 4) is 44.1 Å². The fourth-order valence-electron chi connectivity index (χ4n) is 10.2. The van der Waals surface area contributed by atoms with E-state index in [-0.39, 0.29) is 18.1 Å². The minimum Gasteiger partial charge on any atom is -0.465 e. The number of likely N-dealkylation sites (tertiary alicyclic amines) is 1. The van der Waals surface area contributed by atoms with E-state index in [0.717, 1.165) is 78.1 Å². The molecule has 2 amide bonds. The number of aromatic nitrogens is 4. The number of imidazole rings is 2. The summed E-state index contributed by atoms with van der Waals surface area (Å²) in [5.41, 5.74) is 13.8. The van der Waals surface area contributed by atoms with Gasteiger partial charge >= 0.3 is 12.2 Å². The Morgan fingerprint density at radius 3 is 2.30 bits per heavy atom. The van der Waals surface area contributed by atoms with E-state index in [0.29, 0.717) is 18.8 Å². The van der Waals surface area contributed by atoms with Crippen molar-refractivity contribution >= 4 is 39.3 Å². The summed E-state index contributed by atoms with van der Waals surface area (Å²) in [6.07, 6.45) is 7.52. The third kappa shape index (κ3) is 7.27. The van der Waals surface area contributed by atoms with Crippen LogP contribution in [-0.4, -0.2) is 62.3 Å². The number of alkyl carbamates (subject to hydrolysis) is 1. The Morgan fingerprint density at radius 1 is 0.797 bits per heavy atom. The first-order chi connectivity index (χ1) is 31.4. The average molecular weight is 866 g/mol. The highest BCUT2D eigenvalue weighted by Crippen LogP contribution is 2.48. The fraction of sp³-hybridized carbons (Fsp3) is 0.231. The zero-order valence-electron chi connectivity index (χ0n) is 35.4. The van der Waals surface area contributed by atoms with Crippen LogP contribution in [0.15, 0.2) is 128 Å². The van der Waals surface area contributed by atoms with Crippen molar-refractivity contribution in [2.24, 2.45) is 0 Å². The number of hydrogen-bond acceptors (Lipinski definition) is 7. The van der Waals surface area contributed by atoms with Crippen LogP contribution < -0.4 is 10.2 Å². The monoisotopic (exact) mass is 865 g/mol. The Bertz CT molecular complexity index is 3030. The number of carboxylic acid groups (broad SMARTS) is 1. The van der Waals surface area contributed by atoms with Gasteiger partial charge in [0.05, 0.1) is 49.0 Å². The third-order valence-electron chi connectivity index (χ3n) is 13.3. The Hall–Kier alpha value is -7.18. The number of amides is 2. The molecule has 4 N–H and O–H groups in total. The summed E-state index contributed by atoms with van der Waals surface area (Å²) >= 11 is 1.76. The molecule has 3 atom stereocenters. The van der Waals surface area contributed by atoms with Gasteiger partial charge in [-0.1, -0.05) is 103 Å². The highest BCUT2D eigenvalue weighted by atomic mass is 32.1. The summed E-state index contributed by atoms with van der Waals surface area (Å²) in [5, 5.41) is 13.9. The quantitative estimate of drug-likeness (QED) is 0.107. The number of thiophene rings is 1. The van der Waals surface area contributed by atoms with E-state index in [1.807, 2.05) is 30.6 Å². The number of ether oxygens (including phenoxy) is 1. The molecule has 2 fully saturated rings. The van der Waals surface area contributed by atoms with E-state index < -0.39 is 12.2 Å². The van der Waals surface area contributed by atoms with Crippen molar-refractivity contribution in [3.05, 3.63) is 162 Å². The highest BCUT2D eigenvalue weighted by Gasteiger charge is 2.35. The topological polar surface area (TPSA) is 139 Å². The van der Waals surface area contributed by atoms with Gasteiger partial charge in [-0.3, -0.25) is 4.90 Å². The molecule has 8 aromatic rings. The SMILES string of the molecule is COC(=O)N[C@H](Cc1ccc2c(c1N1CCC[C@H]1c1ncc(-c3ccc(-c4cc5ccc(-c6cnc(C7CCCN7C(=O)O)[nH]6)cc5s4)cc3)[nH]1)Cc1ccccc1-2)c1ccccc1. The van der Waals surface area contributed by atoms with Crippen molar-refractivity contribution in [2.45, 2.75) is 56.7 Å². The van der Waals surface area contributed by atoms with Gasteiger partial charge in [0, 0.05) is 40.3 Å². The van der Waals surface area contributed by atoms with Crippen molar-refractivity contribution in [3.63, 3.8) is 0 Å². The van der Waals surface area contributed by atoms with Gasteiger partial charge in [0.25, 0.3) is 0 Å². The van der Waals surface area contributed by atoms with Gasteiger partial charge < -0.3 is 30.0 Å². The lowest BCUT2D eigenvalue weighted by molar-refractivity contribution is 0.139. The molecule has 320 valence electrons. The summed E-state index contributed by atoms with van der Waals surface area (Å²) in [4.78, 5) is 46.4. The number of nitrogens with zero attached hydrogens (tertiary/aromatic N) is 4. The highest BCUT2D eigenvalue weighted by molar-refractivity contribution is 7.22. The third-order valence-corrected chi connectivity index (χ3v) is 14.5. The number of aromatic amines is 2. The summed E-state index contributed by atoms with van der Waals surface area (Å²) in [7, 11) is 1.41. The molecule has 1 unspecified atom stereocenters. The van der Waals surface area contributed by atoms with E-state index in [4.69, 9.17) is 9.72 Å². The Morgan fingerprint density at radius 2 is 1.50 bits per heavy atom. The minimum atomic E-state index is -0.902. The molecule has 2 saturated heterocycles. The van der Waals surface area contributed by atoms with E-state index >= 15 is 0 Å². The van der Waals surface area contributed by atoms with E-state index in [2.05, 4.69) is 122 Å². The van der Waals surface area contributed by atoms with Crippen LogP contribution in [0.25, 0.3) is 54.2 Å². The number of benzene rings is 5. The standard InChI is InChI=1S/C52H47N7O4S/c1-63-51(60)57-41(31-9-3-2-4-10-31)26-37-21-22-39-38-12-6-5-11-34(38)25-40(39)48(37)58-23-7-13-44(58)49-53-29-42(55-49)32-15-17-33(18-16-32)46-28-36-20-19-35(27-47(36)64-46)43-30-54-50(56-43)45-14-8-24-59(45)52(61)62/h2-6,9-12,15-22,27-30,41,44-45H,7-8,13-14,23-26H2,1H3,(H,53,55)(H,54,56)(H,57,60)(H,61,62)/t41-,44+,45?/m1/s1. The molecule has 5 aromatic carbocycles. The van der Waals surface area contributed by atoms with Crippen molar-refractivity contribution in [1.82, 2.24) is 30.2 Å². The van der Waals surface area contributed by atoms with Crippen LogP contribution in [-0.2, 0) is 17.6 Å². The first kappa shape index (κ1) is 39.7. The van der Waals surface area contributed by atoms with Crippen LogP contribution in [0.5, 0.6) is 0 Å². The second kappa shape index (κ2) is 16.5. The molecule has 2 aliphatic heterocycles. The second-order valence-electron chi connectivity index (χ2n) is 17.0. The number of fused-ring (bicyclic) bond motifs is 4. The number of H-pyrrole nitrogens is 2. The van der Waals surface area contributed by atoms with Crippen LogP contribution in [0, 0.1) is 0 Å². The van der Waals surface area contributed by atoms with Crippen molar-refractivity contribution < 1.29 is 19.4 Å². The molecular formula is C52H47N7O4S. The predicted molar refractivity (Wildman–Crippen MR) is 252 cm³/mol. The zero-order chi connectivity index (χ0) is 43.3. The number of carbonyl (C=O) groups excluding carboxylic acids is 1. The van der Waals surface area contributed by atoms with Crippen LogP contribution in [0.4, 0.5) is 15.3 Å². The maximum absolute atomic E-state index is 12.7. The minimum absolute atomic E-state index is 0.0599.